The van der Waals surface area contributed by atoms with E-state index in [-0.39, 0.29) is 0 Å². The van der Waals surface area contributed by atoms with E-state index in [2.05, 4.69) is 29.7 Å². The molecule has 1 fully saturated rings. The van der Waals surface area contributed by atoms with E-state index in [0.717, 1.165) is 6.54 Å². The minimum absolute atomic E-state index is 0.462. The number of rotatable bonds is 3. The summed E-state index contributed by atoms with van der Waals surface area (Å²) in [4.78, 5) is 0. The Balaban J connectivity index is 2.17. The van der Waals surface area contributed by atoms with Gasteiger partial charge < -0.3 is 5.73 Å². The standard InChI is InChI=1S/C10H17N3/c1-7(2)13-10(3-4-12-13)9-5-8(9)6-11/h3-4,7-9H,5-6,11H2,1-2H3. The summed E-state index contributed by atoms with van der Waals surface area (Å²) in [6.07, 6.45) is 3.14. The third kappa shape index (κ3) is 1.48. The fourth-order valence-corrected chi connectivity index (χ4v) is 1.92. The molecule has 1 aliphatic carbocycles. The lowest BCUT2D eigenvalue weighted by atomic mass is 10.2. The van der Waals surface area contributed by atoms with Crippen molar-refractivity contribution < 1.29 is 0 Å². The third-order valence-electron chi connectivity index (χ3n) is 2.80. The van der Waals surface area contributed by atoms with E-state index in [1.165, 1.54) is 12.1 Å². The monoisotopic (exact) mass is 179 g/mol. The predicted octanol–water partition coefficient (Wildman–Crippen LogP) is 1.53. The molecule has 3 heteroatoms. The van der Waals surface area contributed by atoms with Crippen molar-refractivity contribution in [1.82, 2.24) is 9.78 Å². The first-order chi connectivity index (χ1) is 6.24. The summed E-state index contributed by atoms with van der Waals surface area (Å²) in [5.74, 6) is 1.38. The summed E-state index contributed by atoms with van der Waals surface area (Å²) < 4.78 is 2.11. The van der Waals surface area contributed by atoms with Gasteiger partial charge in [-0.3, -0.25) is 4.68 Å². The lowest BCUT2D eigenvalue weighted by Gasteiger charge is -2.10. The van der Waals surface area contributed by atoms with Gasteiger partial charge >= 0.3 is 0 Å². The second-order valence-corrected chi connectivity index (χ2v) is 4.13. The third-order valence-corrected chi connectivity index (χ3v) is 2.80. The summed E-state index contributed by atoms with van der Waals surface area (Å²) in [5.41, 5.74) is 6.99. The Kier molecular flexibility index (Phi) is 2.12. The molecule has 2 unspecified atom stereocenters. The second-order valence-electron chi connectivity index (χ2n) is 4.13. The SMILES string of the molecule is CC(C)n1nccc1C1CC1CN. The van der Waals surface area contributed by atoms with Gasteiger partial charge in [0.1, 0.15) is 0 Å². The zero-order valence-electron chi connectivity index (χ0n) is 8.27. The molecular weight excluding hydrogens is 162 g/mol. The Labute approximate surface area is 78.9 Å². The molecule has 0 aromatic carbocycles. The number of hydrogen-bond donors (Lipinski definition) is 1. The first-order valence-electron chi connectivity index (χ1n) is 4.97. The first kappa shape index (κ1) is 8.75. The smallest absolute Gasteiger partial charge is 0.0492 e. The minimum atomic E-state index is 0.462. The van der Waals surface area contributed by atoms with Crippen LogP contribution in [0.4, 0.5) is 0 Å². The fourth-order valence-electron chi connectivity index (χ4n) is 1.92. The van der Waals surface area contributed by atoms with Crippen molar-refractivity contribution in [2.24, 2.45) is 11.7 Å². The van der Waals surface area contributed by atoms with Gasteiger partial charge in [0.15, 0.2) is 0 Å². The molecule has 2 rings (SSSR count). The maximum atomic E-state index is 5.63. The van der Waals surface area contributed by atoms with Gasteiger partial charge in [0, 0.05) is 23.9 Å². The average molecular weight is 179 g/mol. The normalized spacial score (nSPS) is 26.8. The molecule has 0 bridgehead atoms. The molecule has 1 saturated carbocycles. The summed E-state index contributed by atoms with van der Waals surface area (Å²) in [5, 5.41) is 4.32. The van der Waals surface area contributed by atoms with Crippen molar-refractivity contribution in [2.45, 2.75) is 32.2 Å². The van der Waals surface area contributed by atoms with Crippen LogP contribution >= 0.6 is 0 Å². The highest BCUT2D eigenvalue weighted by Gasteiger charge is 2.39. The summed E-state index contributed by atoms with van der Waals surface area (Å²) in [6, 6.07) is 2.59. The molecule has 1 heterocycles. The molecule has 0 saturated heterocycles. The Morgan fingerprint density at radius 2 is 2.46 bits per heavy atom. The molecule has 1 aromatic rings. The van der Waals surface area contributed by atoms with Crippen molar-refractivity contribution in [2.75, 3.05) is 6.54 Å². The molecule has 0 aliphatic heterocycles. The van der Waals surface area contributed by atoms with Crippen LogP contribution < -0.4 is 5.73 Å². The molecule has 72 valence electrons. The van der Waals surface area contributed by atoms with E-state index in [0.29, 0.717) is 17.9 Å². The number of aromatic nitrogens is 2. The highest BCUT2D eigenvalue weighted by atomic mass is 15.3. The van der Waals surface area contributed by atoms with Gasteiger partial charge in [-0.1, -0.05) is 0 Å². The number of hydrogen-bond acceptors (Lipinski definition) is 2. The molecule has 1 aromatic heterocycles. The van der Waals surface area contributed by atoms with Gasteiger partial charge in [-0.15, -0.1) is 0 Å². The van der Waals surface area contributed by atoms with Crippen molar-refractivity contribution in [1.29, 1.82) is 0 Å². The lowest BCUT2D eigenvalue weighted by Crippen LogP contribution is -2.08. The second kappa shape index (κ2) is 3.14. The van der Waals surface area contributed by atoms with Crippen LogP contribution in [0.1, 0.15) is 37.9 Å². The van der Waals surface area contributed by atoms with E-state index in [9.17, 15) is 0 Å². The topological polar surface area (TPSA) is 43.8 Å². The molecule has 3 nitrogen and oxygen atoms in total. The highest BCUT2D eigenvalue weighted by Crippen LogP contribution is 2.46. The van der Waals surface area contributed by atoms with Crippen LogP contribution in [0, 0.1) is 5.92 Å². The summed E-state index contributed by atoms with van der Waals surface area (Å²) in [7, 11) is 0. The zero-order chi connectivity index (χ0) is 9.42. The number of nitrogens with zero attached hydrogens (tertiary/aromatic N) is 2. The quantitative estimate of drug-likeness (QED) is 0.764. The summed E-state index contributed by atoms with van der Waals surface area (Å²) >= 11 is 0. The van der Waals surface area contributed by atoms with Gasteiger partial charge in [0.2, 0.25) is 0 Å². The predicted molar refractivity (Wildman–Crippen MR) is 52.5 cm³/mol. The largest absolute Gasteiger partial charge is 0.330 e. The van der Waals surface area contributed by atoms with Crippen LogP contribution in [0.25, 0.3) is 0 Å². The Morgan fingerprint density at radius 1 is 1.69 bits per heavy atom. The molecule has 2 N–H and O–H groups in total. The Bertz CT molecular complexity index is 290. The van der Waals surface area contributed by atoms with E-state index in [1.54, 1.807) is 0 Å². The molecule has 2 atom stereocenters. The molecule has 13 heavy (non-hydrogen) atoms. The molecule has 0 amide bonds. The Hall–Kier alpha value is -0.830. The Morgan fingerprint density at radius 3 is 3.00 bits per heavy atom. The van der Waals surface area contributed by atoms with Crippen LogP contribution in [0.2, 0.25) is 0 Å². The maximum absolute atomic E-state index is 5.63. The minimum Gasteiger partial charge on any atom is -0.330 e. The van der Waals surface area contributed by atoms with E-state index < -0.39 is 0 Å². The van der Waals surface area contributed by atoms with Gasteiger partial charge in [-0.25, -0.2) is 0 Å². The van der Waals surface area contributed by atoms with E-state index in [4.69, 9.17) is 5.73 Å². The van der Waals surface area contributed by atoms with Crippen LogP contribution in [-0.2, 0) is 0 Å². The lowest BCUT2D eigenvalue weighted by molar-refractivity contribution is 0.506. The molecule has 0 radical (unpaired) electrons. The molecule has 0 spiro atoms. The highest BCUT2D eigenvalue weighted by molar-refractivity contribution is 5.18. The van der Waals surface area contributed by atoms with Crippen molar-refractivity contribution in [3.63, 3.8) is 0 Å². The summed E-state index contributed by atoms with van der Waals surface area (Å²) in [6.45, 7) is 5.14. The van der Waals surface area contributed by atoms with E-state index >= 15 is 0 Å². The van der Waals surface area contributed by atoms with Gasteiger partial charge in [-0.2, -0.15) is 5.10 Å². The fraction of sp³-hybridized carbons (Fsp3) is 0.700. The molecular formula is C10H17N3. The molecule has 1 aliphatic rings. The van der Waals surface area contributed by atoms with Crippen molar-refractivity contribution in [3.05, 3.63) is 18.0 Å². The average Bonchev–Trinajstić information content (AvgIpc) is 2.72. The first-order valence-corrected chi connectivity index (χ1v) is 4.97. The van der Waals surface area contributed by atoms with Crippen molar-refractivity contribution >= 4 is 0 Å². The van der Waals surface area contributed by atoms with E-state index in [1.807, 2.05) is 6.20 Å². The zero-order valence-corrected chi connectivity index (χ0v) is 8.27. The van der Waals surface area contributed by atoms with Crippen LogP contribution in [-0.4, -0.2) is 16.3 Å². The van der Waals surface area contributed by atoms with Crippen LogP contribution in [0.15, 0.2) is 12.3 Å². The van der Waals surface area contributed by atoms with Crippen LogP contribution in [0.5, 0.6) is 0 Å². The number of nitrogens with two attached hydrogens (primary N) is 1. The van der Waals surface area contributed by atoms with Crippen LogP contribution in [0.3, 0.4) is 0 Å². The maximum Gasteiger partial charge on any atom is 0.0492 e. The van der Waals surface area contributed by atoms with Gasteiger partial charge in [0.25, 0.3) is 0 Å². The van der Waals surface area contributed by atoms with Gasteiger partial charge in [0.05, 0.1) is 0 Å². The van der Waals surface area contributed by atoms with Crippen molar-refractivity contribution in [3.8, 4) is 0 Å². The van der Waals surface area contributed by atoms with Gasteiger partial charge in [-0.05, 0) is 38.8 Å².